The quantitative estimate of drug-likeness (QED) is 0.238. The molecule has 5 aromatic rings. The van der Waals surface area contributed by atoms with Crippen LogP contribution in [-0.2, 0) is 10.0 Å². The van der Waals surface area contributed by atoms with Crippen LogP contribution in [-0.4, -0.2) is 35.2 Å². The predicted molar refractivity (Wildman–Crippen MR) is 144 cm³/mol. The number of ether oxygens (including phenoxy) is 1. The lowest BCUT2D eigenvalue weighted by molar-refractivity contribution is 0.103. The van der Waals surface area contributed by atoms with Gasteiger partial charge in [0.05, 0.1) is 35.1 Å². The van der Waals surface area contributed by atoms with E-state index in [1.54, 1.807) is 50.2 Å². The molecule has 0 saturated carbocycles. The van der Waals surface area contributed by atoms with Crippen molar-refractivity contribution in [3.05, 3.63) is 94.8 Å². The predicted octanol–water partition coefficient (Wildman–Crippen LogP) is 5.23. The zero-order valence-electron chi connectivity index (χ0n) is 21.0. The van der Waals surface area contributed by atoms with Gasteiger partial charge in [-0.2, -0.15) is 9.49 Å². The van der Waals surface area contributed by atoms with Crippen LogP contribution in [0.3, 0.4) is 0 Å². The average molecular weight is 552 g/mol. The highest BCUT2D eigenvalue weighted by atomic mass is 32.2. The molecular weight excluding hydrogens is 528 g/mol. The second kappa shape index (κ2) is 9.55. The van der Waals surface area contributed by atoms with Gasteiger partial charge >= 0.3 is 0 Å². The Morgan fingerprint density at radius 2 is 1.85 bits per heavy atom. The van der Waals surface area contributed by atoms with Crippen molar-refractivity contribution in [3.63, 3.8) is 0 Å². The van der Waals surface area contributed by atoms with Crippen LogP contribution in [0.5, 0.6) is 11.5 Å². The van der Waals surface area contributed by atoms with Crippen molar-refractivity contribution in [1.29, 1.82) is 0 Å². The number of carbonyl (C=O) groups excluding carboxylic acids is 1. The number of nitrogen functional groups attached to an aromatic ring is 1. The summed E-state index contributed by atoms with van der Waals surface area (Å²) in [6, 6.07) is 13.5. The third-order valence-electron chi connectivity index (χ3n) is 6.10. The number of aromatic nitrogens is 3. The Hall–Kier alpha value is -4.71. The van der Waals surface area contributed by atoms with Crippen LogP contribution in [0.4, 0.5) is 20.3 Å². The highest BCUT2D eigenvalue weighted by Crippen LogP contribution is 2.31. The SMILES string of the molecule is Cc1cc2[nH]c(C(=O)c3cnn(-c4ccc(Oc5cccc(F)c5F)cc4C)c3N)cc2cc1NS(C)(=O)=O. The standard InChI is InChI=1S/C27H23F2N5O4S/c1-14-10-21-16(11-20(14)33-39(3,36)37)12-22(32-21)26(35)18-13-31-34(27(18)30)23-8-7-17(9-15(23)2)38-24-6-4-5-19(28)25(24)29/h4-13,32-33H,30H2,1-3H3. The Kier molecular flexibility index (Phi) is 6.35. The minimum absolute atomic E-state index is 0.0993. The zero-order valence-corrected chi connectivity index (χ0v) is 21.9. The first-order valence-electron chi connectivity index (χ1n) is 11.6. The van der Waals surface area contributed by atoms with Gasteiger partial charge < -0.3 is 15.5 Å². The fourth-order valence-electron chi connectivity index (χ4n) is 4.21. The average Bonchev–Trinajstić information content (AvgIpc) is 3.44. The van der Waals surface area contributed by atoms with Gasteiger partial charge in [-0.25, -0.2) is 17.5 Å². The van der Waals surface area contributed by atoms with Crippen molar-refractivity contribution in [1.82, 2.24) is 14.8 Å². The van der Waals surface area contributed by atoms with Crippen LogP contribution >= 0.6 is 0 Å². The van der Waals surface area contributed by atoms with Crippen LogP contribution in [0.25, 0.3) is 16.6 Å². The van der Waals surface area contributed by atoms with Gasteiger partial charge in [-0.1, -0.05) is 6.07 Å². The molecule has 39 heavy (non-hydrogen) atoms. The normalized spacial score (nSPS) is 11.6. The van der Waals surface area contributed by atoms with Crippen molar-refractivity contribution in [3.8, 4) is 17.2 Å². The summed E-state index contributed by atoms with van der Waals surface area (Å²) in [7, 11) is -3.47. The number of halogens is 2. The molecule has 4 N–H and O–H groups in total. The number of aromatic amines is 1. The number of ketones is 1. The molecule has 0 aliphatic rings. The fraction of sp³-hybridized carbons (Fsp3) is 0.111. The van der Waals surface area contributed by atoms with Crippen molar-refractivity contribution >= 4 is 38.2 Å². The van der Waals surface area contributed by atoms with Gasteiger partial charge in [0, 0.05) is 10.9 Å². The Balaban J connectivity index is 1.43. The molecule has 0 fully saturated rings. The summed E-state index contributed by atoms with van der Waals surface area (Å²) in [5.41, 5.74) is 9.70. The molecule has 200 valence electrons. The van der Waals surface area contributed by atoms with Gasteiger partial charge in [-0.15, -0.1) is 0 Å². The minimum Gasteiger partial charge on any atom is -0.454 e. The van der Waals surface area contributed by atoms with E-state index in [1.165, 1.54) is 23.0 Å². The number of hydrogen-bond acceptors (Lipinski definition) is 6. The Morgan fingerprint density at radius 1 is 1.08 bits per heavy atom. The lowest BCUT2D eigenvalue weighted by atomic mass is 10.1. The second-order valence-electron chi connectivity index (χ2n) is 9.10. The second-order valence-corrected chi connectivity index (χ2v) is 10.8. The number of nitrogens with one attached hydrogen (secondary N) is 2. The summed E-state index contributed by atoms with van der Waals surface area (Å²) in [4.78, 5) is 16.4. The molecule has 0 amide bonds. The lowest BCUT2D eigenvalue weighted by Crippen LogP contribution is -2.10. The molecule has 12 heteroatoms. The molecule has 2 heterocycles. The minimum atomic E-state index is -3.47. The zero-order chi connectivity index (χ0) is 28.1. The first-order valence-corrected chi connectivity index (χ1v) is 13.5. The molecule has 0 spiro atoms. The Morgan fingerprint density at radius 3 is 2.56 bits per heavy atom. The molecule has 5 rings (SSSR count). The number of nitrogens with zero attached hydrogens (tertiary/aromatic N) is 2. The van der Waals surface area contributed by atoms with E-state index in [-0.39, 0.29) is 28.6 Å². The summed E-state index contributed by atoms with van der Waals surface area (Å²) in [5.74, 6) is -2.37. The van der Waals surface area contributed by atoms with Crippen molar-refractivity contribution in [2.24, 2.45) is 0 Å². The van der Waals surface area contributed by atoms with Crippen LogP contribution < -0.4 is 15.2 Å². The number of H-pyrrole nitrogens is 1. The number of anilines is 2. The topological polar surface area (TPSA) is 132 Å². The summed E-state index contributed by atoms with van der Waals surface area (Å²) < 4.78 is 60.2. The molecule has 0 atom stereocenters. The summed E-state index contributed by atoms with van der Waals surface area (Å²) in [6.07, 6.45) is 2.42. The number of nitrogens with two attached hydrogens (primary N) is 1. The van der Waals surface area contributed by atoms with Crippen LogP contribution in [0, 0.1) is 25.5 Å². The van der Waals surface area contributed by atoms with E-state index in [0.29, 0.717) is 33.4 Å². The molecule has 0 bridgehead atoms. The van der Waals surface area contributed by atoms with Gasteiger partial charge in [0.25, 0.3) is 0 Å². The first-order chi connectivity index (χ1) is 18.4. The third-order valence-corrected chi connectivity index (χ3v) is 6.69. The molecule has 0 unspecified atom stereocenters. The maximum atomic E-state index is 14.0. The summed E-state index contributed by atoms with van der Waals surface area (Å²) >= 11 is 0. The number of benzene rings is 3. The van der Waals surface area contributed by atoms with E-state index in [1.807, 2.05) is 0 Å². The molecular formula is C27H23F2N5O4S. The molecule has 0 aliphatic carbocycles. The number of carbonyl (C=O) groups is 1. The van der Waals surface area contributed by atoms with E-state index in [2.05, 4.69) is 14.8 Å². The van der Waals surface area contributed by atoms with Crippen molar-refractivity contribution in [2.45, 2.75) is 13.8 Å². The van der Waals surface area contributed by atoms with Gasteiger partial charge in [0.1, 0.15) is 11.6 Å². The Labute approximate surface area is 222 Å². The molecule has 0 aliphatic heterocycles. The van der Waals surface area contributed by atoms with Crippen molar-refractivity contribution < 1.29 is 26.7 Å². The van der Waals surface area contributed by atoms with E-state index < -0.39 is 27.4 Å². The summed E-state index contributed by atoms with van der Waals surface area (Å²) in [5, 5.41) is 4.93. The molecule has 0 radical (unpaired) electrons. The third kappa shape index (κ3) is 5.06. The lowest BCUT2D eigenvalue weighted by Gasteiger charge is -2.12. The van der Waals surface area contributed by atoms with Gasteiger partial charge in [-0.05, 0) is 73.5 Å². The van der Waals surface area contributed by atoms with Crippen LogP contribution in [0.15, 0.2) is 60.8 Å². The van der Waals surface area contributed by atoms with E-state index in [0.717, 1.165) is 12.3 Å². The van der Waals surface area contributed by atoms with E-state index >= 15 is 0 Å². The van der Waals surface area contributed by atoms with Crippen LogP contribution in [0.2, 0.25) is 0 Å². The van der Waals surface area contributed by atoms with Gasteiger partial charge in [-0.3, -0.25) is 9.52 Å². The molecule has 0 saturated heterocycles. The van der Waals surface area contributed by atoms with Gasteiger partial charge in [0.2, 0.25) is 21.6 Å². The van der Waals surface area contributed by atoms with Gasteiger partial charge in [0.15, 0.2) is 11.6 Å². The number of aryl methyl sites for hydroxylation is 2. The highest BCUT2D eigenvalue weighted by Gasteiger charge is 2.21. The molecule has 2 aromatic heterocycles. The summed E-state index contributed by atoms with van der Waals surface area (Å²) in [6.45, 7) is 3.51. The number of fused-ring (bicyclic) bond motifs is 1. The Bertz CT molecular complexity index is 1880. The number of rotatable bonds is 7. The smallest absolute Gasteiger partial charge is 0.229 e. The highest BCUT2D eigenvalue weighted by molar-refractivity contribution is 7.92. The fourth-order valence-corrected chi connectivity index (χ4v) is 4.83. The monoisotopic (exact) mass is 551 g/mol. The van der Waals surface area contributed by atoms with Crippen LogP contribution in [0.1, 0.15) is 27.2 Å². The maximum absolute atomic E-state index is 14.0. The van der Waals surface area contributed by atoms with E-state index in [9.17, 15) is 22.0 Å². The van der Waals surface area contributed by atoms with Crippen molar-refractivity contribution in [2.75, 3.05) is 16.7 Å². The first kappa shape index (κ1) is 25.9. The van der Waals surface area contributed by atoms with E-state index in [4.69, 9.17) is 10.5 Å². The molecule has 9 nitrogen and oxygen atoms in total. The largest absolute Gasteiger partial charge is 0.454 e. The maximum Gasteiger partial charge on any atom is 0.229 e. The molecule has 3 aromatic carbocycles. The number of sulfonamides is 1. The number of hydrogen-bond donors (Lipinski definition) is 3.